The van der Waals surface area contributed by atoms with Crippen LogP contribution in [0.4, 0.5) is 0 Å². The van der Waals surface area contributed by atoms with Gasteiger partial charge >= 0.3 is 0 Å². The Kier molecular flexibility index (Phi) is 4.86. The van der Waals surface area contributed by atoms with E-state index in [0.717, 1.165) is 0 Å². The summed E-state index contributed by atoms with van der Waals surface area (Å²) < 4.78 is 22.3. The summed E-state index contributed by atoms with van der Waals surface area (Å²) in [7, 11) is -2.82. The van der Waals surface area contributed by atoms with E-state index in [1.165, 1.54) is 0 Å². The predicted molar refractivity (Wildman–Crippen MR) is 59.7 cm³/mol. The van der Waals surface area contributed by atoms with Gasteiger partial charge in [-0.1, -0.05) is 0 Å². The fraction of sp³-hybridized carbons (Fsp3) is 0.889. The summed E-state index contributed by atoms with van der Waals surface area (Å²) >= 11 is 5.43. The molecule has 1 aliphatic heterocycles. The molecule has 0 radical (unpaired) electrons. The van der Waals surface area contributed by atoms with Gasteiger partial charge in [-0.3, -0.25) is 4.79 Å². The summed E-state index contributed by atoms with van der Waals surface area (Å²) in [6.45, 7) is 0.478. The lowest BCUT2D eigenvalue weighted by atomic mass is 9.98. The molecule has 1 rings (SSSR count). The number of rotatable bonds is 4. The number of nitrogens with one attached hydrogen (secondary N) is 1. The Morgan fingerprint density at radius 2 is 1.93 bits per heavy atom. The quantitative estimate of drug-likeness (QED) is 0.745. The molecule has 0 aromatic heterocycles. The molecule has 0 bridgehead atoms. The van der Waals surface area contributed by atoms with Crippen LogP contribution in [-0.4, -0.2) is 38.3 Å². The van der Waals surface area contributed by atoms with Crippen molar-refractivity contribution in [2.75, 3.05) is 23.9 Å². The molecule has 0 atom stereocenters. The highest BCUT2D eigenvalue weighted by atomic mass is 35.5. The van der Waals surface area contributed by atoms with Crippen molar-refractivity contribution in [3.63, 3.8) is 0 Å². The Labute approximate surface area is 95.3 Å². The number of hydrogen-bond donors (Lipinski definition) is 1. The second kappa shape index (κ2) is 5.70. The molecule has 1 saturated heterocycles. The SMILES string of the molecule is O=C(CC1CCS(=O)(=O)CC1)NCCCl. The zero-order chi connectivity index (χ0) is 11.3. The summed E-state index contributed by atoms with van der Waals surface area (Å²) in [4.78, 5) is 11.3. The molecule has 0 aromatic rings. The fourth-order valence-corrected chi connectivity index (χ4v) is 3.35. The minimum Gasteiger partial charge on any atom is -0.355 e. The highest BCUT2D eigenvalue weighted by Gasteiger charge is 2.24. The van der Waals surface area contributed by atoms with Crippen LogP contribution in [0.5, 0.6) is 0 Å². The van der Waals surface area contributed by atoms with Gasteiger partial charge < -0.3 is 5.32 Å². The minimum absolute atomic E-state index is 0.0278. The van der Waals surface area contributed by atoms with Gasteiger partial charge in [0.2, 0.25) is 5.91 Å². The first-order chi connectivity index (χ1) is 7.03. The third-order valence-electron chi connectivity index (χ3n) is 2.56. The average Bonchev–Trinajstić information content (AvgIpc) is 2.18. The molecule has 1 aliphatic rings. The molecular formula is C9H16ClNO3S. The van der Waals surface area contributed by atoms with E-state index in [4.69, 9.17) is 11.6 Å². The minimum atomic E-state index is -2.82. The molecule has 4 nitrogen and oxygen atoms in total. The van der Waals surface area contributed by atoms with E-state index in [0.29, 0.717) is 31.7 Å². The van der Waals surface area contributed by atoms with Crippen LogP contribution >= 0.6 is 11.6 Å². The number of hydrogen-bond acceptors (Lipinski definition) is 3. The van der Waals surface area contributed by atoms with Crippen molar-refractivity contribution >= 4 is 27.3 Å². The predicted octanol–water partition coefficient (Wildman–Crippen LogP) is 0.556. The molecule has 15 heavy (non-hydrogen) atoms. The van der Waals surface area contributed by atoms with Gasteiger partial charge in [-0.15, -0.1) is 11.6 Å². The van der Waals surface area contributed by atoms with Crippen LogP contribution in [0, 0.1) is 5.92 Å². The zero-order valence-corrected chi connectivity index (χ0v) is 10.1. The summed E-state index contributed by atoms with van der Waals surface area (Å²) in [5.74, 6) is 1.04. The molecule has 88 valence electrons. The van der Waals surface area contributed by atoms with Gasteiger partial charge in [0, 0.05) is 18.8 Å². The molecule has 0 unspecified atom stereocenters. The van der Waals surface area contributed by atoms with Crippen molar-refractivity contribution in [1.29, 1.82) is 0 Å². The van der Waals surface area contributed by atoms with Crippen molar-refractivity contribution in [1.82, 2.24) is 5.32 Å². The first kappa shape index (κ1) is 12.8. The zero-order valence-electron chi connectivity index (χ0n) is 8.54. The van der Waals surface area contributed by atoms with E-state index >= 15 is 0 Å². The Morgan fingerprint density at radius 1 is 1.33 bits per heavy atom. The number of carbonyl (C=O) groups excluding carboxylic acids is 1. The first-order valence-corrected chi connectivity index (χ1v) is 7.42. The lowest BCUT2D eigenvalue weighted by Gasteiger charge is -2.21. The van der Waals surface area contributed by atoms with Crippen molar-refractivity contribution in [3.05, 3.63) is 0 Å². The van der Waals surface area contributed by atoms with Crippen molar-refractivity contribution in [2.45, 2.75) is 19.3 Å². The second-order valence-corrected chi connectivity index (χ2v) is 6.52. The number of sulfone groups is 1. The molecule has 1 fully saturated rings. The normalized spacial score (nSPS) is 21.1. The standard InChI is InChI=1S/C9H16ClNO3S/c10-3-4-11-9(12)7-8-1-5-15(13,14)6-2-8/h8H,1-7H2,(H,11,12). The van der Waals surface area contributed by atoms with E-state index in [-0.39, 0.29) is 23.3 Å². The lowest BCUT2D eigenvalue weighted by Crippen LogP contribution is -2.30. The van der Waals surface area contributed by atoms with Crippen LogP contribution in [0.3, 0.4) is 0 Å². The number of carbonyl (C=O) groups is 1. The van der Waals surface area contributed by atoms with Crippen molar-refractivity contribution in [2.24, 2.45) is 5.92 Å². The van der Waals surface area contributed by atoms with E-state index in [1.807, 2.05) is 0 Å². The third kappa shape index (κ3) is 4.84. The topological polar surface area (TPSA) is 63.2 Å². The maximum Gasteiger partial charge on any atom is 0.220 e. The monoisotopic (exact) mass is 253 g/mol. The molecule has 1 amide bonds. The number of halogens is 1. The molecule has 0 aromatic carbocycles. The van der Waals surface area contributed by atoms with Gasteiger partial charge in [0.15, 0.2) is 0 Å². The molecule has 1 heterocycles. The summed E-state index contributed by atoms with van der Waals surface area (Å²) in [6, 6.07) is 0. The molecule has 0 spiro atoms. The van der Waals surface area contributed by atoms with Crippen molar-refractivity contribution < 1.29 is 13.2 Å². The molecule has 6 heteroatoms. The van der Waals surface area contributed by atoms with E-state index < -0.39 is 9.84 Å². The number of amides is 1. The van der Waals surface area contributed by atoms with E-state index in [2.05, 4.69) is 5.32 Å². The van der Waals surface area contributed by atoms with Crippen molar-refractivity contribution in [3.8, 4) is 0 Å². The van der Waals surface area contributed by atoms with Crippen LogP contribution in [-0.2, 0) is 14.6 Å². The largest absolute Gasteiger partial charge is 0.355 e. The fourth-order valence-electron chi connectivity index (χ4n) is 1.66. The third-order valence-corrected chi connectivity index (χ3v) is 4.47. The van der Waals surface area contributed by atoms with Gasteiger partial charge in [-0.05, 0) is 18.8 Å². The lowest BCUT2D eigenvalue weighted by molar-refractivity contribution is -0.121. The van der Waals surface area contributed by atoms with E-state index in [9.17, 15) is 13.2 Å². The summed E-state index contributed by atoms with van der Waals surface area (Å²) in [5, 5.41) is 2.68. The Bertz CT molecular complexity index is 301. The maximum atomic E-state index is 11.3. The molecular weight excluding hydrogens is 238 g/mol. The van der Waals surface area contributed by atoms with Gasteiger partial charge in [0.25, 0.3) is 0 Å². The number of alkyl halides is 1. The smallest absolute Gasteiger partial charge is 0.220 e. The Hall–Kier alpha value is -0.290. The van der Waals surface area contributed by atoms with Crippen LogP contribution in [0.1, 0.15) is 19.3 Å². The first-order valence-electron chi connectivity index (χ1n) is 5.06. The second-order valence-electron chi connectivity index (χ2n) is 3.84. The van der Waals surface area contributed by atoms with Crippen LogP contribution in [0.2, 0.25) is 0 Å². The highest BCUT2D eigenvalue weighted by Crippen LogP contribution is 2.21. The molecule has 1 N–H and O–H groups in total. The van der Waals surface area contributed by atoms with Gasteiger partial charge in [-0.2, -0.15) is 0 Å². The van der Waals surface area contributed by atoms with Crippen LogP contribution < -0.4 is 5.32 Å². The van der Waals surface area contributed by atoms with Gasteiger partial charge in [0.1, 0.15) is 9.84 Å². The van der Waals surface area contributed by atoms with Gasteiger partial charge in [-0.25, -0.2) is 8.42 Å². The molecule has 0 saturated carbocycles. The summed E-state index contributed by atoms with van der Waals surface area (Å²) in [6.07, 6.45) is 1.64. The Morgan fingerprint density at radius 3 is 2.47 bits per heavy atom. The Balaban J connectivity index is 2.26. The van der Waals surface area contributed by atoms with Crippen LogP contribution in [0.25, 0.3) is 0 Å². The highest BCUT2D eigenvalue weighted by molar-refractivity contribution is 7.91. The van der Waals surface area contributed by atoms with Crippen LogP contribution in [0.15, 0.2) is 0 Å². The van der Waals surface area contributed by atoms with Gasteiger partial charge in [0.05, 0.1) is 11.5 Å². The summed E-state index contributed by atoms with van der Waals surface area (Å²) in [5.41, 5.74) is 0. The molecule has 0 aliphatic carbocycles. The maximum absolute atomic E-state index is 11.3. The average molecular weight is 254 g/mol. The van der Waals surface area contributed by atoms with E-state index in [1.54, 1.807) is 0 Å².